The molecule has 0 unspecified atom stereocenters. The molecule has 0 bridgehead atoms. The predicted octanol–water partition coefficient (Wildman–Crippen LogP) is 2.58. The molecule has 0 saturated heterocycles. The molecule has 2 aromatic rings. The zero-order valence-electron chi connectivity index (χ0n) is 10.1. The van der Waals surface area contributed by atoms with Gasteiger partial charge in [-0.15, -0.1) is 11.3 Å². The van der Waals surface area contributed by atoms with E-state index in [4.69, 9.17) is 5.84 Å². The second-order valence-electron chi connectivity index (χ2n) is 4.69. The quantitative estimate of drug-likeness (QED) is 0.571. The molecule has 0 radical (unpaired) electrons. The van der Waals surface area contributed by atoms with Gasteiger partial charge in [-0.25, -0.2) is 10.8 Å². The Morgan fingerprint density at radius 3 is 3.00 bits per heavy atom. The standard InChI is InChI=1S/C12H17N5S/c13-17-12-15-10(9-5-7-18-11(9)16-12)14-6-4-8-2-1-3-8/h5,7-8H,1-4,6,13H2,(H2,14,15,16,17). The summed E-state index contributed by atoms with van der Waals surface area (Å²) in [6.07, 6.45) is 5.39. The number of rotatable bonds is 5. The predicted molar refractivity (Wildman–Crippen MR) is 75.7 cm³/mol. The van der Waals surface area contributed by atoms with Crippen molar-refractivity contribution in [2.24, 2.45) is 11.8 Å². The van der Waals surface area contributed by atoms with Crippen molar-refractivity contribution in [3.63, 3.8) is 0 Å². The van der Waals surface area contributed by atoms with E-state index in [-0.39, 0.29) is 0 Å². The maximum atomic E-state index is 5.39. The Morgan fingerprint density at radius 2 is 2.28 bits per heavy atom. The number of anilines is 2. The smallest absolute Gasteiger partial charge is 0.240 e. The first-order chi connectivity index (χ1) is 8.86. The molecule has 1 saturated carbocycles. The zero-order chi connectivity index (χ0) is 12.4. The molecule has 2 aromatic heterocycles. The van der Waals surface area contributed by atoms with E-state index in [0.717, 1.165) is 28.5 Å². The second kappa shape index (κ2) is 5.07. The lowest BCUT2D eigenvalue weighted by Gasteiger charge is -2.25. The summed E-state index contributed by atoms with van der Waals surface area (Å²) < 4.78 is 0. The highest BCUT2D eigenvalue weighted by Crippen LogP contribution is 2.30. The van der Waals surface area contributed by atoms with Gasteiger partial charge < -0.3 is 5.32 Å². The van der Waals surface area contributed by atoms with Crippen LogP contribution in [0.4, 0.5) is 11.8 Å². The average Bonchev–Trinajstić information content (AvgIpc) is 2.80. The summed E-state index contributed by atoms with van der Waals surface area (Å²) >= 11 is 1.60. The minimum atomic E-state index is 0.469. The largest absolute Gasteiger partial charge is 0.369 e. The number of nitrogens with one attached hydrogen (secondary N) is 2. The highest BCUT2D eigenvalue weighted by Gasteiger charge is 2.17. The van der Waals surface area contributed by atoms with Gasteiger partial charge in [-0.05, 0) is 23.8 Å². The van der Waals surface area contributed by atoms with Crippen LogP contribution in [-0.4, -0.2) is 16.5 Å². The Balaban J connectivity index is 1.74. The fraction of sp³-hybridized carbons (Fsp3) is 0.500. The van der Waals surface area contributed by atoms with Crippen LogP contribution in [0, 0.1) is 5.92 Å². The van der Waals surface area contributed by atoms with Crippen LogP contribution < -0.4 is 16.6 Å². The van der Waals surface area contributed by atoms with Crippen LogP contribution in [0.3, 0.4) is 0 Å². The molecule has 18 heavy (non-hydrogen) atoms. The van der Waals surface area contributed by atoms with Crippen molar-refractivity contribution >= 4 is 33.3 Å². The normalized spacial score (nSPS) is 15.6. The monoisotopic (exact) mass is 263 g/mol. The maximum absolute atomic E-state index is 5.39. The summed E-state index contributed by atoms with van der Waals surface area (Å²) in [6, 6.07) is 2.05. The highest BCUT2D eigenvalue weighted by molar-refractivity contribution is 7.16. The molecular formula is C12H17N5S. The third kappa shape index (κ3) is 2.26. The number of nitrogens with two attached hydrogens (primary N) is 1. The minimum Gasteiger partial charge on any atom is -0.369 e. The molecule has 1 fully saturated rings. The van der Waals surface area contributed by atoms with Crippen molar-refractivity contribution in [3.05, 3.63) is 11.4 Å². The van der Waals surface area contributed by atoms with Gasteiger partial charge in [0.05, 0.1) is 5.39 Å². The number of nitrogens with zero attached hydrogens (tertiary/aromatic N) is 2. The van der Waals surface area contributed by atoms with Gasteiger partial charge in [-0.3, -0.25) is 5.43 Å². The fourth-order valence-corrected chi connectivity index (χ4v) is 2.99. The summed E-state index contributed by atoms with van der Waals surface area (Å²) in [5.74, 6) is 7.65. The SMILES string of the molecule is NNc1nc(NCCC2CCC2)c2ccsc2n1. The summed E-state index contributed by atoms with van der Waals surface area (Å²) in [7, 11) is 0. The van der Waals surface area contributed by atoms with E-state index in [2.05, 4.69) is 20.7 Å². The van der Waals surface area contributed by atoms with Gasteiger partial charge in [0.2, 0.25) is 5.95 Å². The molecule has 0 aliphatic heterocycles. The molecule has 0 spiro atoms. The second-order valence-corrected chi connectivity index (χ2v) is 5.59. The van der Waals surface area contributed by atoms with Crippen LogP contribution in [0.2, 0.25) is 0 Å². The van der Waals surface area contributed by atoms with E-state index < -0.39 is 0 Å². The van der Waals surface area contributed by atoms with Crippen molar-refractivity contribution in [2.75, 3.05) is 17.3 Å². The molecule has 1 aliphatic rings. The third-order valence-corrected chi connectivity index (χ3v) is 4.33. The highest BCUT2D eigenvalue weighted by atomic mass is 32.1. The molecule has 5 nitrogen and oxygen atoms in total. The van der Waals surface area contributed by atoms with E-state index in [1.165, 1.54) is 25.7 Å². The number of fused-ring (bicyclic) bond motifs is 1. The number of nitrogen functional groups attached to an aromatic ring is 1. The van der Waals surface area contributed by atoms with E-state index in [0.29, 0.717) is 5.95 Å². The molecule has 2 heterocycles. The molecule has 96 valence electrons. The van der Waals surface area contributed by atoms with E-state index in [1.54, 1.807) is 11.3 Å². The van der Waals surface area contributed by atoms with Crippen molar-refractivity contribution < 1.29 is 0 Å². The lowest BCUT2D eigenvalue weighted by atomic mass is 9.83. The van der Waals surface area contributed by atoms with E-state index >= 15 is 0 Å². The number of thiophene rings is 1. The number of hydrogen-bond donors (Lipinski definition) is 3. The van der Waals surface area contributed by atoms with Gasteiger partial charge in [0.1, 0.15) is 10.6 Å². The Bertz CT molecular complexity index is 534. The van der Waals surface area contributed by atoms with Crippen molar-refractivity contribution in [3.8, 4) is 0 Å². The molecule has 6 heteroatoms. The van der Waals surface area contributed by atoms with Crippen LogP contribution in [0.5, 0.6) is 0 Å². The topological polar surface area (TPSA) is 75.9 Å². The number of aromatic nitrogens is 2. The lowest BCUT2D eigenvalue weighted by Crippen LogP contribution is -2.17. The summed E-state index contributed by atoms with van der Waals surface area (Å²) in [4.78, 5) is 9.66. The first kappa shape index (κ1) is 11.7. The Morgan fingerprint density at radius 1 is 1.39 bits per heavy atom. The molecule has 0 atom stereocenters. The molecule has 0 aromatic carbocycles. The summed E-state index contributed by atoms with van der Waals surface area (Å²) in [5.41, 5.74) is 2.52. The van der Waals surface area contributed by atoms with Crippen molar-refractivity contribution in [1.82, 2.24) is 9.97 Å². The molecule has 4 N–H and O–H groups in total. The summed E-state index contributed by atoms with van der Waals surface area (Å²) in [5, 5.41) is 6.51. The van der Waals surface area contributed by atoms with E-state index in [9.17, 15) is 0 Å². The van der Waals surface area contributed by atoms with Gasteiger partial charge >= 0.3 is 0 Å². The maximum Gasteiger partial charge on any atom is 0.240 e. The number of hydrogen-bond acceptors (Lipinski definition) is 6. The first-order valence-electron chi connectivity index (χ1n) is 6.32. The van der Waals surface area contributed by atoms with Gasteiger partial charge in [0.15, 0.2) is 0 Å². The lowest BCUT2D eigenvalue weighted by molar-refractivity contribution is 0.303. The fourth-order valence-electron chi connectivity index (χ4n) is 2.23. The van der Waals surface area contributed by atoms with Crippen LogP contribution in [0.25, 0.3) is 10.2 Å². The third-order valence-electron chi connectivity index (χ3n) is 3.52. The van der Waals surface area contributed by atoms with E-state index in [1.807, 2.05) is 11.4 Å². The van der Waals surface area contributed by atoms with Gasteiger partial charge in [0, 0.05) is 6.54 Å². The first-order valence-corrected chi connectivity index (χ1v) is 7.20. The molecule has 1 aliphatic carbocycles. The molecular weight excluding hydrogens is 246 g/mol. The van der Waals surface area contributed by atoms with Crippen LogP contribution >= 0.6 is 11.3 Å². The van der Waals surface area contributed by atoms with Gasteiger partial charge in [0.25, 0.3) is 0 Å². The van der Waals surface area contributed by atoms with Crippen LogP contribution in [0.15, 0.2) is 11.4 Å². The summed E-state index contributed by atoms with van der Waals surface area (Å²) in [6.45, 7) is 0.969. The van der Waals surface area contributed by atoms with Crippen molar-refractivity contribution in [2.45, 2.75) is 25.7 Å². The molecule has 0 amide bonds. The van der Waals surface area contributed by atoms with Gasteiger partial charge in [-0.2, -0.15) is 4.98 Å². The Kier molecular flexibility index (Phi) is 3.29. The zero-order valence-corrected chi connectivity index (χ0v) is 11.0. The Labute approximate surface area is 110 Å². The molecule has 3 rings (SSSR count). The van der Waals surface area contributed by atoms with Crippen LogP contribution in [0.1, 0.15) is 25.7 Å². The van der Waals surface area contributed by atoms with Crippen LogP contribution in [-0.2, 0) is 0 Å². The minimum absolute atomic E-state index is 0.469. The number of hydrazine groups is 1. The van der Waals surface area contributed by atoms with Gasteiger partial charge in [-0.1, -0.05) is 19.3 Å². The van der Waals surface area contributed by atoms with Crippen molar-refractivity contribution in [1.29, 1.82) is 0 Å². The average molecular weight is 263 g/mol. The Hall–Kier alpha value is -1.40.